The molecule has 0 aliphatic carbocycles. The molecule has 24 heavy (non-hydrogen) atoms. The lowest BCUT2D eigenvalue weighted by atomic mass is 10.0. The molecular formula is C19H27N3O2. The number of hydrogen-bond donors (Lipinski definition) is 2. The summed E-state index contributed by atoms with van der Waals surface area (Å²) in [7, 11) is 1.66. The minimum atomic E-state index is -0.790. The predicted octanol–water partition coefficient (Wildman–Crippen LogP) is 2.89. The van der Waals surface area contributed by atoms with Crippen molar-refractivity contribution in [3.63, 3.8) is 0 Å². The number of β-amino-alcohol motifs (C(OH)–C–C–N with tert-alkyl or cyclic N) is 1. The van der Waals surface area contributed by atoms with Gasteiger partial charge < -0.3 is 20.1 Å². The Bertz CT molecular complexity index is 681. The Labute approximate surface area is 143 Å². The molecule has 0 unspecified atom stereocenters. The fourth-order valence-corrected chi connectivity index (χ4v) is 3.36. The number of anilines is 1. The van der Waals surface area contributed by atoms with Crippen LogP contribution in [0.5, 0.6) is 5.75 Å². The molecule has 2 aromatic rings. The van der Waals surface area contributed by atoms with Crippen LogP contribution in [0.3, 0.4) is 0 Å². The average Bonchev–Trinajstić information content (AvgIpc) is 2.60. The molecule has 2 N–H and O–H groups in total. The van der Waals surface area contributed by atoms with Gasteiger partial charge in [0.15, 0.2) is 0 Å². The third-order valence-electron chi connectivity index (χ3n) is 4.59. The lowest BCUT2D eigenvalue weighted by Crippen LogP contribution is -2.47. The Morgan fingerprint density at radius 1 is 1.29 bits per heavy atom. The van der Waals surface area contributed by atoms with E-state index in [1.54, 1.807) is 13.3 Å². The van der Waals surface area contributed by atoms with Crippen molar-refractivity contribution in [3.8, 4) is 5.75 Å². The molecule has 1 aromatic heterocycles. The molecule has 0 bridgehead atoms. The molecule has 5 heteroatoms. The van der Waals surface area contributed by atoms with E-state index in [-0.39, 0.29) is 0 Å². The molecule has 1 aliphatic heterocycles. The second-order valence-electron chi connectivity index (χ2n) is 6.94. The van der Waals surface area contributed by atoms with Crippen molar-refractivity contribution in [2.24, 2.45) is 0 Å². The zero-order chi connectivity index (χ0) is 17.0. The van der Waals surface area contributed by atoms with Crippen molar-refractivity contribution >= 4 is 16.6 Å². The van der Waals surface area contributed by atoms with E-state index in [0.29, 0.717) is 13.1 Å². The first-order valence-corrected chi connectivity index (χ1v) is 8.69. The van der Waals surface area contributed by atoms with Crippen LogP contribution in [0, 0.1) is 0 Å². The zero-order valence-corrected chi connectivity index (χ0v) is 14.6. The smallest absolute Gasteiger partial charge is 0.121 e. The monoisotopic (exact) mass is 329 g/mol. The van der Waals surface area contributed by atoms with Gasteiger partial charge in [0.25, 0.3) is 0 Å². The summed E-state index contributed by atoms with van der Waals surface area (Å²) in [5.74, 6) is 0.786. The summed E-state index contributed by atoms with van der Waals surface area (Å²) in [6, 6.07) is 7.84. The first-order valence-electron chi connectivity index (χ1n) is 8.69. The van der Waals surface area contributed by atoms with Gasteiger partial charge in [-0.15, -0.1) is 0 Å². The van der Waals surface area contributed by atoms with E-state index >= 15 is 0 Å². The van der Waals surface area contributed by atoms with Crippen LogP contribution < -0.4 is 10.1 Å². The number of ether oxygens (including phenoxy) is 1. The van der Waals surface area contributed by atoms with Gasteiger partial charge >= 0.3 is 0 Å². The number of hydrogen-bond acceptors (Lipinski definition) is 5. The highest BCUT2D eigenvalue weighted by molar-refractivity contribution is 5.91. The van der Waals surface area contributed by atoms with Gasteiger partial charge in [0.1, 0.15) is 5.75 Å². The third kappa shape index (κ3) is 4.16. The highest BCUT2D eigenvalue weighted by Gasteiger charge is 2.25. The molecule has 2 heterocycles. The molecule has 0 spiro atoms. The first-order chi connectivity index (χ1) is 11.6. The van der Waals surface area contributed by atoms with Crippen LogP contribution in [0.4, 0.5) is 5.69 Å². The Balaban J connectivity index is 1.72. The van der Waals surface area contributed by atoms with Crippen molar-refractivity contribution in [2.45, 2.75) is 31.8 Å². The number of rotatable bonds is 6. The number of pyridine rings is 1. The van der Waals surface area contributed by atoms with Gasteiger partial charge in [0.2, 0.25) is 0 Å². The average molecular weight is 329 g/mol. The SMILES string of the molecule is COc1cc(NC[C@@](C)(O)CN2CCCCC2)c2ncccc2c1. The number of likely N-dealkylation sites (tertiary alicyclic amines) is 1. The number of nitrogens with one attached hydrogen (secondary N) is 1. The minimum Gasteiger partial charge on any atom is -0.497 e. The second kappa shape index (κ2) is 7.36. The van der Waals surface area contributed by atoms with Crippen LogP contribution in [0.25, 0.3) is 10.9 Å². The molecule has 1 aliphatic rings. The van der Waals surface area contributed by atoms with Crippen molar-refractivity contribution < 1.29 is 9.84 Å². The number of methoxy groups -OCH3 is 1. The maximum Gasteiger partial charge on any atom is 0.121 e. The van der Waals surface area contributed by atoms with Crippen molar-refractivity contribution in [1.82, 2.24) is 9.88 Å². The standard InChI is InChI=1S/C19H27N3O2/c1-19(23,14-22-9-4-3-5-10-22)13-21-17-12-16(24-2)11-15-7-6-8-20-18(15)17/h6-8,11-12,21,23H,3-5,9-10,13-14H2,1-2H3/t19-/m1/s1. The fourth-order valence-electron chi connectivity index (χ4n) is 3.36. The van der Waals surface area contributed by atoms with Crippen LogP contribution in [-0.4, -0.2) is 53.9 Å². The van der Waals surface area contributed by atoms with Gasteiger partial charge in [-0.3, -0.25) is 4.98 Å². The van der Waals surface area contributed by atoms with E-state index in [4.69, 9.17) is 4.74 Å². The lowest BCUT2D eigenvalue weighted by molar-refractivity contribution is 0.0252. The van der Waals surface area contributed by atoms with Crippen molar-refractivity contribution in [3.05, 3.63) is 30.5 Å². The Morgan fingerprint density at radius 3 is 2.83 bits per heavy atom. The van der Waals surface area contributed by atoms with Crippen LogP contribution >= 0.6 is 0 Å². The van der Waals surface area contributed by atoms with Crippen LogP contribution in [0.2, 0.25) is 0 Å². The summed E-state index contributed by atoms with van der Waals surface area (Å²) in [6.07, 6.45) is 5.55. The van der Waals surface area contributed by atoms with Crippen molar-refractivity contribution in [1.29, 1.82) is 0 Å². The number of fused-ring (bicyclic) bond motifs is 1. The van der Waals surface area contributed by atoms with Crippen LogP contribution in [0.15, 0.2) is 30.5 Å². The van der Waals surface area contributed by atoms with E-state index in [2.05, 4.69) is 15.2 Å². The van der Waals surface area contributed by atoms with Gasteiger partial charge in [-0.1, -0.05) is 12.5 Å². The van der Waals surface area contributed by atoms with Crippen LogP contribution in [-0.2, 0) is 0 Å². The molecule has 1 fully saturated rings. The number of piperidine rings is 1. The number of aromatic nitrogens is 1. The Hall–Kier alpha value is -1.85. The molecule has 5 nitrogen and oxygen atoms in total. The highest BCUT2D eigenvalue weighted by atomic mass is 16.5. The highest BCUT2D eigenvalue weighted by Crippen LogP contribution is 2.28. The normalized spacial score (nSPS) is 18.3. The molecule has 0 saturated carbocycles. The van der Waals surface area contributed by atoms with E-state index in [0.717, 1.165) is 35.4 Å². The van der Waals surface area contributed by atoms with Gasteiger partial charge in [0, 0.05) is 30.7 Å². The summed E-state index contributed by atoms with van der Waals surface area (Å²) in [4.78, 5) is 6.82. The maximum atomic E-state index is 10.8. The summed E-state index contributed by atoms with van der Waals surface area (Å²) in [5, 5.41) is 15.2. The largest absolute Gasteiger partial charge is 0.497 e. The molecule has 1 aromatic carbocycles. The van der Waals surface area contributed by atoms with E-state index in [9.17, 15) is 5.11 Å². The maximum absolute atomic E-state index is 10.8. The Morgan fingerprint density at radius 2 is 2.08 bits per heavy atom. The minimum absolute atomic E-state index is 0.475. The van der Waals surface area contributed by atoms with Gasteiger partial charge in [-0.2, -0.15) is 0 Å². The zero-order valence-electron chi connectivity index (χ0n) is 14.6. The van der Waals surface area contributed by atoms with E-state index < -0.39 is 5.60 Å². The van der Waals surface area contributed by atoms with Gasteiger partial charge in [0.05, 0.1) is 23.9 Å². The summed E-state index contributed by atoms with van der Waals surface area (Å²) < 4.78 is 5.38. The molecular weight excluding hydrogens is 302 g/mol. The van der Waals surface area contributed by atoms with Crippen LogP contribution in [0.1, 0.15) is 26.2 Å². The third-order valence-corrected chi connectivity index (χ3v) is 4.59. The summed E-state index contributed by atoms with van der Waals surface area (Å²) in [6.45, 7) is 5.22. The van der Waals surface area contributed by atoms with E-state index in [1.807, 2.05) is 31.2 Å². The molecule has 130 valence electrons. The van der Waals surface area contributed by atoms with E-state index in [1.165, 1.54) is 19.3 Å². The summed E-state index contributed by atoms with van der Waals surface area (Å²) in [5.41, 5.74) is 0.998. The fraction of sp³-hybridized carbons (Fsp3) is 0.526. The summed E-state index contributed by atoms with van der Waals surface area (Å²) >= 11 is 0. The Kier molecular flexibility index (Phi) is 5.21. The quantitative estimate of drug-likeness (QED) is 0.853. The second-order valence-corrected chi connectivity index (χ2v) is 6.94. The van der Waals surface area contributed by atoms with Gasteiger partial charge in [-0.25, -0.2) is 0 Å². The predicted molar refractivity (Wildman–Crippen MR) is 97.7 cm³/mol. The topological polar surface area (TPSA) is 57.6 Å². The molecule has 1 atom stereocenters. The van der Waals surface area contributed by atoms with Gasteiger partial charge in [-0.05, 0) is 45.0 Å². The lowest BCUT2D eigenvalue weighted by Gasteiger charge is -2.34. The molecule has 1 saturated heterocycles. The number of aliphatic hydroxyl groups is 1. The molecule has 0 radical (unpaired) electrons. The molecule has 3 rings (SSSR count). The first kappa shape index (κ1) is 17.0. The molecule has 0 amide bonds. The van der Waals surface area contributed by atoms with Crippen molar-refractivity contribution in [2.75, 3.05) is 38.6 Å². The number of benzene rings is 1. The number of nitrogens with zero attached hydrogens (tertiary/aromatic N) is 2.